The molecule has 1 N–H and O–H groups in total. The molecule has 0 aromatic heterocycles. The fraction of sp³-hybridized carbons (Fsp3) is 0.895. The van der Waals surface area contributed by atoms with Gasteiger partial charge in [-0.25, -0.2) is 4.79 Å². The highest BCUT2D eigenvalue weighted by Gasteiger charge is 2.34. The van der Waals surface area contributed by atoms with Gasteiger partial charge in [0.05, 0.1) is 12.0 Å². The van der Waals surface area contributed by atoms with Crippen molar-refractivity contribution < 1.29 is 9.53 Å². The van der Waals surface area contributed by atoms with Gasteiger partial charge < -0.3 is 10.1 Å². The van der Waals surface area contributed by atoms with Crippen LogP contribution < -0.4 is 5.32 Å². The topological polar surface area (TPSA) is 65.4 Å². The number of nitrogens with one attached hydrogen (secondary N) is 1. The summed E-state index contributed by atoms with van der Waals surface area (Å²) in [6, 6.07) is 3.04. The van der Waals surface area contributed by atoms with E-state index in [4.69, 9.17) is 4.74 Å². The third kappa shape index (κ3) is 5.98. The average molecular weight is 335 g/mol. The van der Waals surface area contributed by atoms with E-state index in [9.17, 15) is 10.1 Å². The van der Waals surface area contributed by atoms with Crippen molar-refractivity contribution in [1.82, 2.24) is 10.2 Å². The first-order chi connectivity index (χ1) is 11.4. The Morgan fingerprint density at radius 1 is 1.12 bits per heavy atom. The summed E-state index contributed by atoms with van der Waals surface area (Å²) < 4.78 is 5.35. The van der Waals surface area contributed by atoms with E-state index < -0.39 is 5.60 Å². The number of carbonyl (C=O) groups is 1. The van der Waals surface area contributed by atoms with Gasteiger partial charge in [-0.1, -0.05) is 32.1 Å². The fourth-order valence-corrected chi connectivity index (χ4v) is 3.91. The number of likely N-dealkylation sites (tertiary alicyclic amines) is 1. The smallest absolute Gasteiger partial charge is 0.407 e. The van der Waals surface area contributed by atoms with Crippen molar-refractivity contribution in [3.8, 4) is 6.07 Å². The van der Waals surface area contributed by atoms with Gasteiger partial charge in [-0.05, 0) is 40.0 Å². The Hall–Kier alpha value is -1.28. The van der Waals surface area contributed by atoms with Gasteiger partial charge in [-0.2, -0.15) is 5.26 Å². The summed E-state index contributed by atoms with van der Waals surface area (Å²) in [5, 5.41) is 12.6. The summed E-state index contributed by atoms with van der Waals surface area (Å²) in [7, 11) is 0. The maximum atomic E-state index is 12.0. The number of ether oxygens (including phenoxy) is 1. The third-order valence-corrected chi connectivity index (χ3v) is 5.05. The zero-order chi connectivity index (χ0) is 17.6. The third-order valence-electron chi connectivity index (χ3n) is 5.05. The number of hydrogen-bond acceptors (Lipinski definition) is 4. The van der Waals surface area contributed by atoms with Crippen LogP contribution in [0.5, 0.6) is 0 Å². The first-order valence-corrected chi connectivity index (χ1v) is 9.52. The molecule has 24 heavy (non-hydrogen) atoms. The zero-order valence-corrected chi connectivity index (χ0v) is 15.5. The first kappa shape index (κ1) is 19.1. The van der Waals surface area contributed by atoms with Crippen LogP contribution in [0.2, 0.25) is 0 Å². The Morgan fingerprint density at radius 2 is 1.79 bits per heavy atom. The monoisotopic (exact) mass is 335 g/mol. The minimum absolute atomic E-state index is 0.128. The molecule has 5 nitrogen and oxygen atoms in total. The largest absolute Gasteiger partial charge is 0.444 e. The van der Waals surface area contributed by atoms with Crippen LogP contribution in [-0.2, 0) is 4.74 Å². The highest BCUT2D eigenvalue weighted by atomic mass is 16.6. The van der Waals surface area contributed by atoms with Crippen molar-refractivity contribution in [3.05, 3.63) is 0 Å². The predicted molar refractivity (Wildman–Crippen MR) is 94.6 cm³/mol. The molecule has 1 amide bonds. The zero-order valence-electron chi connectivity index (χ0n) is 15.5. The van der Waals surface area contributed by atoms with Crippen LogP contribution in [0.4, 0.5) is 4.79 Å². The first-order valence-electron chi connectivity index (χ1n) is 9.52. The van der Waals surface area contributed by atoms with Crippen LogP contribution in [0.3, 0.4) is 0 Å². The molecule has 0 spiro atoms. The van der Waals surface area contributed by atoms with Gasteiger partial charge in [-0.3, -0.25) is 4.90 Å². The van der Waals surface area contributed by atoms with Gasteiger partial charge in [0.2, 0.25) is 0 Å². The number of alkyl carbamates (subject to hydrolysis) is 1. The van der Waals surface area contributed by atoms with Gasteiger partial charge in [0.1, 0.15) is 5.60 Å². The van der Waals surface area contributed by atoms with E-state index in [1.54, 1.807) is 0 Å². The summed E-state index contributed by atoms with van der Waals surface area (Å²) >= 11 is 0. The molecule has 2 rings (SSSR count). The molecular weight excluding hydrogens is 302 g/mol. The molecule has 0 bridgehead atoms. The molecule has 5 heteroatoms. The Kier molecular flexibility index (Phi) is 6.91. The lowest BCUT2D eigenvalue weighted by molar-refractivity contribution is 0.0503. The minimum Gasteiger partial charge on any atom is -0.444 e. The lowest BCUT2D eigenvalue weighted by Crippen LogP contribution is -2.43. The lowest BCUT2D eigenvalue weighted by atomic mass is 9.92. The SMILES string of the molecule is CC(C)(C)OC(=O)N[C@H]1CCN(C2CCCCCCCC2C#N)C1. The van der Waals surface area contributed by atoms with Gasteiger partial charge in [0.25, 0.3) is 0 Å². The summed E-state index contributed by atoms with van der Waals surface area (Å²) in [6.45, 7) is 7.43. The maximum Gasteiger partial charge on any atom is 0.407 e. The van der Waals surface area contributed by atoms with E-state index in [1.807, 2.05) is 20.8 Å². The second-order valence-electron chi connectivity index (χ2n) is 8.27. The molecule has 2 aliphatic rings. The molecule has 1 saturated carbocycles. The van der Waals surface area contributed by atoms with E-state index in [1.165, 1.54) is 32.1 Å². The molecule has 1 aliphatic heterocycles. The Bertz CT molecular complexity index is 453. The minimum atomic E-state index is -0.466. The maximum absolute atomic E-state index is 12.0. The summed E-state index contributed by atoms with van der Waals surface area (Å²) in [5.41, 5.74) is -0.466. The van der Waals surface area contributed by atoms with E-state index in [0.717, 1.165) is 32.4 Å². The van der Waals surface area contributed by atoms with E-state index in [2.05, 4.69) is 16.3 Å². The number of carbonyl (C=O) groups excluding carboxylic acids is 1. The van der Waals surface area contributed by atoms with Gasteiger partial charge in [0.15, 0.2) is 0 Å². The quantitative estimate of drug-likeness (QED) is 0.832. The van der Waals surface area contributed by atoms with Crippen molar-refractivity contribution in [2.45, 2.75) is 89.8 Å². The molecule has 136 valence electrons. The molecular formula is C19H33N3O2. The molecule has 1 heterocycles. The van der Waals surface area contributed by atoms with Crippen molar-refractivity contribution in [1.29, 1.82) is 5.26 Å². The van der Waals surface area contributed by atoms with Gasteiger partial charge >= 0.3 is 6.09 Å². The molecule has 1 saturated heterocycles. The molecule has 3 atom stereocenters. The van der Waals surface area contributed by atoms with E-state index in [0.29, 0.717) is 6.04 Å². The highest BCUT2D eigenvalue weighted by molar-refractivity contribution is 5.68. The van der Waals surface area contributed by atoms with Crippen LogP contribution in [0.15, 0.2) is 0 Å². The second kappa shape index (κ2) is 8.71. The summed E-state index contributed by atoms with van der Waals surface area (Å²) in [4.78, 5) is 14.4. The molecule has 2 fully saturated rings. The van der Waals surface area contributed by atoms with Crippen LogP contribution in [0.25, 0.3) is 0 Å². The summed E-state index contributed by atoms with van der Waals surface area (Å²) in [5.74, 6) is 0.128. The van der Waals surface area contributed by atoms with Crippen LogP contribution in [0, 0.1) is 17.2 Å². The summed E-state index contributed by atoms with van der Waals surface area (Å²) in [6.07, 6.45) is 8.95. The van der Waals surface area contributed by atoms with Crippen LogP contribution in [0.1, 0.15) is 72.1 Å². The number of rotatable bonds is 2. The van der Waals surface area contributed by atoms with Gasteiger partial charge in [-0.15, -0.1) is 0 Å². The van der Waals surface area contributed by atoms with Gasteiger partial charge in [0, 0.05) is 25.2 Å². The number of amides is 1. The Labute approximate surface area is 146 Å². The number of hydrogen-bond donors (Lipinski definition) is 1. The Balaban J connectivity index is 1.89. The van der Waals surface area contributed by atoms with Crippen molar-refractivity contribution in [2.24, 2.45) is 5.92 Å². The molecule has 0 aromatic rings. The Morgan fingerprint density at radius 3 is 2.46 bits per heavy atom. The van der Waals surface area contributed by atoms with Crippen molar-refractivity contribution in [3.63, 3.8) is 0 Å². The van der Waals surface area contributed by atoms with Crippen LogP contribution in [-0.4, -0.2) is 41.8 Å². The highest BCUT2D eigenvalue weighted by Crippen LogP contribution is 2.28. The van der Waals surface area contributed by atoms with Crippen LogP contribution >= 0.6 is 0 Å². The normalized spacial score (nSPS) is 29.8. The second-order valence-corrected chi connectivity index (χ2v) is 8.27. The van der Waals surface area contributed by atoms with E-state index >= 15 is 0 Å². The predicted octanol–water partition coefficient (Wildman–Crippen LogP) is 3.84. The fourth-order valence-electron chi connectivity index (χ4n) is 3.91. The van der Waals surface area contributed by atoms with E-state index in [-0.39, 0.29) is 18.1 Å². The molecule has 0 radical (unpaired) electrons. The van der Waals surface area contributed by atoms with Crippen molar-refractivity contribution >= 4 is 6.09 Å². The number of nitrogens with zero attached hydrogens (tertiary/aromatic N) is 2. The standard InChI is InChI=1S/C19H33N3O2/c1-19(2,3)24-18(23)21-16-11-12-22(14-16)17-10-8-6-4-5-7-9-15(17)13-20/h15-17H,4-12,14H2,1-3H3,(H,21,23)/t15?,16-,17?/m0/s1. The number of nitriles is 1. The lowest BCUT2D eigenvalue weighted by Gasteiger charge is -2.31. The average Bonchev–Trinajstić information content (AvgIpc) is 2.96. The molecule has 0 aromatic carbocycles. The molecule has 2 unspecified atom stereocenters. The van der Waals surface area contributed by atoms with Crippen molar-refractivity contribution in [2.75, 3.05) is 13.1 Å². The molecule has 1 aliphatic carbocycles.